The van der Waals surface area contributed by atoms with Gasteiger partial charge in [0.1, 0.15) is 23.4 Å². The van der Waals surface area contributed by atoms with E-state index < -0.39 is 36.0 Å². The predicted molar refractivity (Wildman–Crippen MR) is 183 cm³/mol. The number of carbonyl (C=O) groups excluding carboxylic acids is 2. The van der Waals surface area contributed by atoms with E-state index in [0.717, 1.165) is 21.9 Å². The molecule has 5 aromatic rings. The number of carboxylic acid groups (broad SMARTS) is 1. The lowest BCUT2D eigenvalue weighted by molar-refractivity contribution is -0.139. The summed E-state index contributed by atoms with van der Waals surface area (Å²) in [5.74, 6) is -2.50. The molecule has 5 rings (SSSR count). The molecular formula is C38H37N3O7. The summed E-state index contributed by atoms with van der Waals surface area (Å²) in [5.41, 5.74) is 3.00. The van der Waals surface area contributed by atoms with E-state index in [0.29, 0.717) is 22.4 Å². The van der Waals surface area contributed by atoms with E-state index in [1.54, 1.807) is 62.7 Å². The second-order valence-corrected chi connectivity index (χ2v) is 11.6. The highest BCUT2D eigenvalue weighted by Crippen LogP contribution is 2.21. The fraction of sp³-hybridized carbons (Fsp3) is 0.211. The van der Waals surface area contributed by atoms with E-state index in [-0.39, 0.29) is 31.0 Å². The number of aromatic nitrogens is 1. The molecule has 246 valence electrons. The molecule has 0 aliphatic carbocycles. The topological polar surface area (TPSA) is 147 Å². The number of aliphatic hydroxyl groups excluding tert-OH is 1. The second-order valence-electron chi connectivity index (χ2n) is 11.6. The number of fused-ring (bicyclic) bond motifs is 1. The summed E-state index contributed by atoms with van der Waals surface area (Å²) in [6, 6.07) is 27.9. The first kappa shape index (κ1) is 33.6. The third kappa shape index (κ3) is 7.97. The largest absolute Gasteiger partial charge is 0.497 e. The number of carbonyl (C=O) groups is 3. The van der Waals surface area contributed by atoms with Gasteiger partial charge in [-0.2, -0.15) is 0 Å². The third-order valence-electron chi connectivity index (χ3n) is 8.32. The monoisotopic (exact) mass is 647 g/mol. The number of nitrogens with zero attached hydrogens (tertiary/aromatic N) is 1. The molecule has 0 radical (unpaired) electrons. The average molecular weight is 648 g/mol. The number of anilines is 1. The molecule has 1 heterocycles. The number of methoxy groups -OCH3 is 1. The Morgan fingerprint density at radius 2 is 1.56 bits per heavy atom. The van der Waals surface area contributed by atoms with Crippen LogP contribution in [-0.4, -0.2) is 52.3 Å². The van der Waals surface area contributed by atoms with Gasteiger partial charge in [0.2, 0.25) is 11.8 Å². The summed E-state index contributed by atoms with van der Waals surface area (Å²) >= 11 is 0. The summed E-state index contributed by atoms with van der Waals surface area (Å²) in [5, 5.41) is 26.5. The SMILES string of the molecule is COc1ccc(Cn2ccc(C)c(NC(=O)C(Cc3ccc(C(CO)C(=O)O)cc3)NC(=O)Cc3cccc4ccccc34)c2=O)cc1. The highest BCUT2D eigenvalue weighted by Gasteiger charge is 2.25. The van der Waals surface area contributed by atoms with Crippen molar-refractivity contribution < 1.29 is 29.3 Å². The minimum atomic E-state index is -1.15. The molecule has 10 heteroatoms. The van der Waals surface area contributed by atoms with Crippen molar-refractivity contribution in [2.75, 3.05) is 19.0 Å². The maximum absolute atomic E-state index is 13.9. The number of aryl methyl sites for hydroxylation is 1. The molecule has 2 amide bonds. The van der Waals surface area contributed by atoms with E-state index in [1.165, 1.54) is 4.57 Å². The molecule has 2 unspecified atom stereocenters. The zero-order chi connectivity index (χ0) is 34.2. The van der Waals surface area contributed by atoms with Crippen LogP contribution in [0.5, 0.6) is 5.75 Å². The van der Waals surface area contributed by atoms with Crippen molar-refractivity contribution in [1.82, 2.24) is 9.88 Å². The Labute approximate surface area is 277 Å². The van der Waals surface area contributed by atoms with Crippen LogP contribution in [0.4, 0.5) is 5.69 Å². The Morgan fingerprint density at radius 1 is 0.875 bits per heavy atom. The summed E-state index contributed by atoms with van der Waals surface area (Å²) in [7, 11) is 1.58. The van der Waals surface area contributed by atoms with Gasteiger partial charge in [-0.3, -0.25) is 19.2 Å². The van der Waals surface area contributed by atoms with E-state index in [2.05, 4.69) is 10.6 Å². The zero-order valence-corrected chi connectivity index (χ0v) is 26.7. The van der Waals surface area contributed by atoms with Gasteiger partial charge in [-0.25, -0.2) is 0 Å². The highest BCUT2D eigenvalue weighted by atomic mass is 16.5. The molecule has 0 aliphatic rings. The maximum atomic E-state index is 13.9. The zero-order valence-electron chi connectivity index (χ0n) is 26.7. The van der Waals surface area contributed by atoms with Crippen LogP contribution in [0.3, 0.4) is 0 Å². The first-order valence-corrected chi connectivity index (χ1v) is 15.5. The highest BCUT2D eigenvalue weighted by molar-refractivity contribution is 5.98. The predicted octanol–water partition coefficient (Wildman–Crippen LogP) is 4.44. The molecule has 4 N–H and O–H groups in total. The van der Waals surface area contributed by atoms with Crippen molar-refractivity contribution in [2.24, 2.45) is 0 Å². The van der Waals surface area contributed by atoms with Crippen molar-refractivity contribution in [1.29, 1.82) is 0 Å². The lowest BCUT2D eigenvalue weighted by Crippen LogP contribution is -2.46. The Balaban J connectivity index is 1.40. The van der Waals surface area contributed by atoms with E-state index in [4.69, 9.17) is 4.74 Å². The van der Waals surface area contributed by atoms with Crippen LogP contribution in [0.1, 0.15) is 33.7 Å². The quantitative estimate of drug-likeness (QED) is 0.148. The van der Waals surface area contributed by atoms with Crippen LogP contribution >= 0.6 is 0 Å². The van der Waals surface area contributed by atoms with Crippen LogP contribution in [0.15, 0.2) is 108 Å². The van der Waals surface area contributed by atoms with Gasteiger partial charge in [0.25, 0.3) is 5.56 Å². The van der Waals surface area contributed by atoms with Gasteiger partial charge in [-0.15, -0.1) is 0 Å². The number of carboxylic acids is 1. The summed E-state index contributed by atoms with van der Waals surface area (Å²) < 4.78 is 6.71. The maximum Gasteiger partial charge on any atom is 0.313 e. The van der Waals surface area contributed by atoms with Gasteiger partial charge in [-0.05, 0) is 63.7 Å². The Kier molecular flexibility index (Phi) is 10.7. The van der Waals surface area contributed by atoms with Crippen molar-refractivity contribution in [3.8, 4) is 5.75 Å². The van der Waals surface area contributed by atoms with Crippen LogP contribution in [0, 0.1) is 6.92 Å². The number of rotatable bonds is 13. The minimum Gasteiger partial charge on any atom is -0.497 e. The van der Waals surface area contributed by atoms with Crippen LogP contribution in [-0.2, 0) is 33.8 Å². The summed E-state index contributed by atoms with van der Waals surface area (Å²) in [6.45, 7) is 1.44. The molecule has 4 aromatic carbocycles. The lowest BCUT2D eigenvalue weighted by atomic mass is 9.96. The van der Waals surface area contributed by atoms with E-state index >= 15 is 0 Å². The molecule has 2 atom stereocenters. The fourth-order valence-corrected chi connectivity index (χ4v) is 5.60. The first-order valence-electron chi connectivity index (χ1n) is 15.5. The van der Waals surface area contributed by atoms with Gasteiger partial charge in [0.05, 0.1) is 26.7 Å². The van der Waals surface area contributed by atoms with Crippen molar-refractivity contribution in [3.05, 3.63) is 141 Å². The number of aliphatic hydroxyl groups is 1. The molecular weight excluding hydrogens is 610 g/mol. The molecule has 48 heavy (non-hydrogen) atoms. The number of benzene rings is 4. The number of amides is 2. The Bertz CT molecular complexity index is 1980. The average Bonchev–Trinajstić information content (AvgIpc) is 3.09. The van der Waals surface area contributed by atoms with Gasteiger partial charge in [-0.1, -0.05) is 78.9 Å². The van der Waals surface area contributed by atoms with Crippen molar-refractivity contribution in [3.63, 3.8) is 0 Å². The van der Waals surface area contributed by atoms with Gasteiger partial charge >= 0.3 is 5.97 Å². The van der Waals surface area contributed by atoms with Gasteiger partial charge < -0.3 is 30.2 Å². The van der Waals surface area contributed by atoms with Crippen molar-refractivity contribution in [2.45, 2.75) is 38.3 Å². The van der Waals surface area contributed by atoms with E-state index in [9.17, 15) is 29.4 Å². The number of nitrogens with one attached hydrogen (secondary N) is 2. The molecule has 0 fully saturated rings. The third-order valence-corrected chi connectivity index (χ3v) is 8.32. The molecule has 1 aromatic heterocycles. The van der Waals surface area contributed by atoms with Crippen LogP contribution in [0.25, 0.3) is 10.8 Å². The normalized spacial score (nSPS) is 12.2. The summed E-state index contributed by atoms with van der Waals surface area (Å²) in [4.78, 5) is 52.4. The van der Waals surface area contributed by atoms with Crippen LogP contribution < -0.4 is 20.9 Å². The number of pyridine rings is 1. The Morgan fingerprint density at radius 3 is 2.25 bits per heavy atom. The Hall–Kier alpha value is -5.74. The van der Waals surface area contributed by atoms with Crippen LogP contribution in [0.2, 0.25) is 0 Å². The lowest BCUT2D eigenvalue weighted by Gasteiger charge is -2.20. The van der Waals surface area contributed by atoms with Gasteiger partial charge in [0, 0.05) is 12.6 Å². The molecule has 0 saturated heterocycles. The molecule has 0 saturated carbocycles. The molecule has 10 nitrogen and oxygen atoms in total. The minimum absolute atomic E-state index is 0.0277. The standard InChI is InChI=1S/C38H37N3O7/c1-24-18-19-41(22-26-12-16-30(48-2)17-13-26)37(45)35(24)40-36(44)33(20-25-10-14-28(15-11-25)32(23-42)38(46)47)39-34(43)21-29-8-5-7-27-6-3-4-9-31(27)29/h3-19,32-33,42H,20-23H2,1-2H3,(H,39,43)(H,40,44)(H,46,47). The smallest absolute Gasteiger partial charge is 0.313 e. The number of aliphatic carboxylic acids is 1. The molecule has 0 spiro atoms. The number of hydrogen-bond donors (Lipinski definition) is 4. The van der Waals surface area contributed by atoms with E-state index in [1.807, 2.05) is 54.6 Å². The number of hydrogen-bond acceptors (Lipinski definition) is 6. The summed E-state index contributed by atoms with van der Waals surface area (Å²) in [6.07, 6.45) is 1.76. The van der Waals surface area contributed by atoms with Crippen molar-refractivity contribution >= 4 is 34.2 Å². The molecule has 0 bridgehead atoms. The number of ether oxygens (including phenoxy) is 1. The fourth-order valence-electron chi connectivity index (χ4n) is 5.60. The first-order chi connectivity index (χ1) is 23.2. The molecule has 0 aliphatic heterocycles. The second kappa shape index (κ2) is 15.2. The van der Waals surface area contributed by atoms with Gasteiger partial charge in [0.15, 0.2) is 0 Å².